The van der Waals surface area contributed by atoms with Crippen LogP contribution in [-0.4, -0.2) is 32.5 Å². The Labute approximate surface area is 208 Å². The summed E-state index contributed by atoms with van der Waals surface area (Å²) in [7, 11) is 0. The van der Waals surface area contributed by atoms with Gasteiger partial charge in [-0.3, -0.25) is 9.36 Å². The second-order valence-corrected chi connectivity index (χ2v) is 10.00. The van der Waals surface area contributed by atoms with Crippen molar-refractivity contribution in [3.8, 4) is 17.1 Å². The molecule has 0 unspecified atom stereocenters. The number of carbonyl (C=O) groups is 1. The topological polar surface area (TPSA) is 51.0 Å². The number of para-hydroxylation sites is 1. The minimum atomic E-state index is 0.0669. The lowest BCUT2D eigenvalue weighted by atomic mass is 10.1. The highest BCUT2D eigenvalue weighted by Gasteiger charge is 2.31. The van der Waals surface area contributed by atoms with E-state index in [9.17, 15) is 4.79 Å². The molecule has 4 aromatic rings. The van der Waals surface area contributed by atoms with Crippen molar-refractivity contribution in [3.05, 3.63) is 88.4 Å². The van der Waals surface area contributed by atoms with Crippen molar-refractivity contribution in [1.82, 2.24) is 14.8 Å². The van der Waals surface area contributed by atoms with Crippen LogP contribution in [0.3, 0.4) is 0 Å². The number of rotatable bonds is 5. The van der Waals surface area contributed by atoms with Crippen LogP contribution in [0.5, 0.6) is 0 Å². The first-order valence-corrected chi connectivity index (χ1v) is 12.6. The highest BCUT2D eigenvalue weighted by Crippen LogP contribution is 2.35. The quantitative estimate of drug-likeness (QED) is 0.310. The molecule has 5 nitrogen and oxygen atoms in total. The maximum Gasteiger partial charge on any atom is 0.237 e. The molecule has 0 fully saturated rings. The summed E-state index contributed by atoms with van der Waals surface area (Å²) >= 11 is 7.93. The Hall–Kier alpha value is -3.09. The Morgan fingerprint density at radius 2 is 1.79 bits per heavy atom. The maximum absolute atomic E-state index is 13.3. The van der Waals surface area contributed by atoms with Gasteiger partial charge >= 0.3 is 0 Å². The number of halogens is 1. The smallest absolute Gasteiger partial charge is 0.237 e. The first kappa shape index (κ1) is 22.7. The molecule has 1 aliphatic rings. The molecular formula is C27H25ClN4OS. The molecule has 0 bridgehead atoms. The molecule has 34 heavy (non-hydrogen) atoms. The molecule has 0 N–H and O–H groups in total. The van der Waals surface area contributed by atoms with Gasteiger partial charge in [-0.2, -0.15) is 0 Å². The third-order valence-corrected chi connectivity index (χ3v) is 7.40. The highest BCUT2D eigenvalue weighted by atomic mass is 35.5. The van der Waals surface area contributed by atoms with Crippen LogP contribution in [0.1, 0.15) is 23.6 Å². The van der Waals surface area contributed by atoms with Gasteiger partial charge in [0.05, 0.1) is 16.5 Å². The molecular weight excluding hydrogens is 464 g/mol. The van der Waals surface area contributed by atoms with Crippen LogP contribution >= 0.6 is 23.4 Å². The predicted octanol–water partition coefficient (Wildman–Crippen LogP) is 6.27. The number of benzene rings is 3. The third kappa shape index (κ3) is 4.12. The lowest BCUT2D eigenvalue weighted by Gasteiger charge is -2.22. The number of carbonyl (C=O) groups excluding carboxylic acids is 1. The van der Waals surface area contributed by atoms with E-state index in [2.05, 4.69) is 55.2 Å². The molecule has 1 aliphatic heterocycles. The number of thioether (sulfide) groups is 1. The van der Waals surface area contributed by atoms with Gasteiger partial charge in [0, 0.05) is 17.3 Å². The van der Waals surface area contributed by atoms with E-state index in [0.29, 0.717) is 16.0 Å². The number of aromatic nitrogens is 3. The number of anilines is 1. The van der Waals surface area contributed by atoms with Crippen molar-refractivity contribution < 1.29 is 4.79 Å². The molecule has 2 heterocycles. The van der Waals surface area contributed by atoms with E-state index in [1.165, 1.54) is 17.3 Å². The van der Waals surface area contributed by atoms with Gasteiger partial charge in [-0.25, -0.2) is 0 Å². The van der Waals surface area contributed by atoms with E-state index in [-0.39, 0.29) is 17.7 Å². The number of fused-ring (bicyclic) bond motifs is 1. The number of amides is 1. The Morgan fingerprint density at radius 3 is 2.62 bits per heavy atom. The summed E-state index contributed by atoms with van der Waals surface area (Å²) in [6.07, 6.45) is 0.877. The Morgan fingerprint density at radius 1 is 1.03 bits per heavy atom. The van der Waals surface area contributed by atoms with E-state index in [1.807, 2.05) is 51.9 Å². The van der Waals surface area contributed by atoms with Gasteiger partial charge in [0.2, 0.25) is 5.91 Å². The fourth-order valence-electron chi connectivity index (χ4n) is 4.50. The van der Waals surface area contributed by atoms with Gasteiger partial charge in [-0.15, -0.1) is 10.2 Å². The second kappa shape index (κ2) is 9.28. The summed E-state index contributed by atoms with van der Waals surface area (Å²) in [6, 6.07) is 22.2. The zero-order chi connectivity index (χ0) is 23.8. The van der Waals surface area contributed by atoms with Crippen molar-refractivity contribution in [1.29, 1.82) is 0 Å². The van der Waals surface area contributed by atoms with Crippen molar-refractivity contribution in [2.24, 2.45) is 0 Å². The van der Waals surface area contributed by atoms with Crippen LogP contribution in [0.15, 0.2) is 71.9 Å². The average Bonchev–Trinajstić information content (AvgIpc) is 3.39. The SMILES string of the molecule is Cc1ccc(C)c(-n2c(SCC(=O)N3c4ccccc4C[C@H]3C)nnc2-c2ccccc2Cl)c1. The van der Waals surface area contributed by atoms with Crippen LogP contribution in [0, 0.1) is 13.8 Å². The summed E-state index contributed by atoms with van der Waals surface area (Å²) in [4.78, 5) is 15.2. The summed E-state index contributed by atoms with van der Waals surface area (Å²) < 4.78 is 2.02. The first-order valence-electron chi connectivity index (χ1n) is 11.2. The van der Waals surface area contributed by atoms with Gasteiger partial charge < -0.3 is 4.90 Å². The number of nitrogens with zero attached hydrogens (tertiary/aromatic N) is 4. The van der Waals surface area contributed by atoms with E-state index >= 15 is 0 Å². The molecule has 0 saturated carbocycles. The van der Waals surface area contributed by atoms with Crippen LogP contribution in [-0.2, 0) is 11.2 Å². The first-order chi connectivity index (χ1) is 16.4. The Bertz CT molecular complexity index is 1380. The van der Waals surface area contributed by atoms with E-state index in [1.54, 1.807) is 0 Å². The number of hydrogen-bond acceptors (Lipinski definition) is 4. The van der Waals surface area contributed by atoms with Gasteiger partial charge in [0.15, 0.2) is 11.0 Å². The van der Waals surface area contributed by atoms with Gasteiger partial charge in [0.1, 0.15) is 0 Å². The normalized spacial score (nSPS) is 14.9. The minimum absolute atomic E-state index is 0.0669. The summed E-state index contributed by atoms with van der Waals surface area (Å²) in [5.41, 5.74) is 6.23. The monoisotopic (exact) mass is 488 g/mol. The van der Waals surface area contributed by atoms with Crippen molar-refractivity contribution in [2.45, 2.75) is 38.4 Å². The van der Waals surface area contributed by atoms with Crippen LogP contribution in [0.25, 0.3) is 17.1 Å². The summed E-state index contributed by atoms with van der Waals surface area (Å²) in [5.74, 6) is 0.996. The van der Waals surface area contributed by atoms with Gasteiger partial charge in [0.25, 0.3) is 0 Å². The van der Waals surface area contributed by atoms with Gasteiger partial charge in [-0.1, -0.05) is 65.8 Å². The number of hydrogen-bond donors (Lipinski definition) is 0. The molecule has 3 aromatic carbocycles. The Kier molecular flexibility index (Phi) is 6.19. The fourth-order valence-corrected chi connectivity index (χ4v) is 5.52. The van der Waals surface area contributed by atoms with Gasteiger partial charge in [-0.05, 0) is 68.1 Å². The van der Waals surface area contributed by atoms with E-state index in [4.69, 9.17) is 11.6 Å². The molecule has 5 rings (SSSR count). The van der Waals surface area contributed by atoms with Crippen molar-refractivity contribution >= 4 is 35.0 Å². The molecule has 1 atom stereocenters. The predicted molar refractivity (Wildman–Crippen MR) is 139 cm³/mol. The molecule has 0 radical (unpaired) electrons. The average molecular weight is 489 g/mol. The maximum atomic E-state index is 13.3. The van der Waals surface area contributed by atoms with Crippen LogP contribution < -0.4 is 4.90 Å². The second-order valence-electron chi connectivity index (χ2n) is 8.65. The third-order valence-electron chi connectivity index (χ3n) is 6.15. The molecule has 1 amide bonds. The highest BCUT2D eigenvalue weighted by molar-refractivity contribution is 7.99. The minimum Gasteiger partial charge on any atom is -0.308 e. The van der Waals surface area contributed by atoms with Crippen LogP contribution in [0.4, 0.5) is 5.69 Å². The fraction of sp³-hybridized carbons (Fsp3) is 0.222. The molecule has 0 saturated heterocycles. The molecule has 0 aliphatic carbocycles. The molecule has 7 heteroatoms. The zero-order valence-electron chi connectivity index (χ0n) is 19.3. The summed E-state index contributed by atoms with van der Waals surface area (Å²) in [5, 5.41) is 10.3. The van der Waals surface area contributed by atoms with Crippen LogP contribution in [0.2, 0.25) is 5.02 Å². The molecule has 1 aromatic heterocycles. The van der Waals surface area contributed by atoms with Crippen molar-refractivity contribution in [3.63, 3.8) is 0 Å². The largest absolute Gasteiger partial charge is 0.308 e. The van der Waals surface area contributed by atoms with Crippen molar-refractivity contribution in [2.75, 3.05) is 10.7 Å². The Balaban J connectivity index is 1.51. The molecule has 0 spiro atoms. The standard InChI is InChI=1S/C27H25ClN4OS/c1-17-12-13-18(2)24(14-17)32-26(21-9-5-6-10-22(21)28)29-30-27(32)34-16-25(33)31-19(3)15-20-8-4-7-11-23(20)31/h4-14,19H,15-16H2,1-3H3/t19-/m1/s1. The summed E-state index contributed by atoms with van der Waals surface area (Å²) in [6.45, 7) is 6.22. The lowest BCUT2D eigenvalue weighted by Crippen LogP contribution is -2.37. The lowest BCUT2D eigenvalue weighted by molar-refractivity contribution is -0.116. The van der Waals surface area contributed by atoms with E-state index in [0.717, 1.165) is 34.5 Å². The van der Waals surface area contributed by atoms with E-state index < -0.39 is 0 Å². The zero-order valence-corrected chi connectivity index (χ0v) is 20.9. The number of aryl methyl sites for hydroxylation is 2. The molecule has 172 valence electrons.